The van der Waals surface area contributed by atoms with Gasteiger partial charge in [-0.2, -0.15) is 0 Å². The Labute approximate surface area is 142 Å². The zero-order valence-corrected chi connectivity index (χ0v) is 14.0. The second-order valence-corrected chi connectivity index (χ2v) is 6.40. The molecule has 128 valence electrons. The summed E-state index contributed by atoms with van der Waals surface area (Å²) in [5, 5.41) is 10.9. The number of para-hydroxylation sites is 1. The summed E-state index contributed by atoms with van der Waals surface area (Å²) < 4.78 is 11.5. The van der Waals surface area contributed by atoms with Gasteiger partial charge < -0.3 is 14.6 Å². The number of β-amino-alcohol motifs (C(OH)–C–C–N with tert-alkyl or cyclic N) is 1. The van der Waals surface area contributed by atoms with Crippen molar-refractivity contribution < 1.29 is 14.6 Å². The third kappa shape index (κ3) is 4.54. The van der Waals surface area contributed by atoms with Gasteiger partial charge in [0.2, 0.25) is 0 Å². The molecule has 5 heteroatoms. The van der Waals surface area contributed by atoms with Crippen LogP contribution in [-0.2, 0) is 11.3 Å². The van der Waals surface area contributed by atoms with Crippen LogP contribution in [-0.4, -0.2) is 53.5 Å². The number of aromatic nitrogens is 1. The van der Waals surface area contributed by atoms with E-state index in [2.05, 4.69) is 9.88 Å². The van der Waals surface area contributed by atoms with Gasteiger partial charge in [-0.3, -0.25) is 9.88 Å². The Kier molecular flexibility index (Phi) is 5.45. The van der Waals surface area contributed by atoms with Crippen LogP contribution in [0.5, 0.6) is 5.75 Å². The molecule has 1 aliphatic heterocycles. The SMILES string of the molecule is Cc1ccccc1OC[C@]1(O)COCCN(Cc2ccncc2)C1. The first-order valence-corrected chi connectivity index (χ1v) is 8.24. The number of benzene rings is 1. The molecular formula is C19H24N2O3. The highest BCUT2D eigenvalue weighted by Crippen LogP contribution is 2.20. The van der Waals surface area contributed by atoms with Gasteiger partial charge in [0.05, 0.1) is 13.2 Å². The quantitative estimate of drug-likeness (QED) is 0.910. The van der Waals surface area contributed by atoms with E-state index in [1.54, 1.807) is 12.4 Å². The first-order valence-electron chi connectivity index (χ1n) is 8.24. The number of rotatable bonds is 5. The van der Waals surface area contributed by atoms with Gasteiger partial charge in [0.15, 0.2) is 0 Å². The Balaban J connectivity index is 1.63. The molecule has 0 saturated carbocycles. The number of aliphatic hydroxyl groups is 1. The number of ether oxygens (including phenoxy) is 2. The Hall–Kier alpha value is -1.95. The summed E-state index contributed by atoms with van der Waals surface area (Å²) in [6.07, 6.45) is 3.58. The minimum atomic E-state index is -1.02. The normalized spacial score (nSPS) is 22.1. The Bertz CT molecular complexity index is 650. The van der Waals surface area contributed by atoms with E-state index in [1.807, 2.05) is 43.3 Å². The van der Waals surface area contributed by atoms with Gasteiger partial charge in [-0.05, 0) is 36.2 Å². The van der Waals surface area contributed by atoms with Gasteiger partial charge >= 0.3 is 0 Å². The molecule has 0 aliphatic carbocycles. The first kappa shape index (κ1) is 16.9. The first-order chi connectivity index (χ1) is 11.6. The van der Waals surface area contributed by atoms with Crippen LogP contribution in [0.15, 0.2) is 48.8 Å². The molecule has 2 aromatic rings. The summed E-state index contributed by atoms with van der Waals surface area (Å²) in [5.41, 5.74) is 1.21. The van der Waals surface area contributed by atoms with E-state index in [0.717, 1.165) is 24.4 Å². The number of aryl methyl sites for hydroxylation is 1. The molecule has 0 unspecified atom stereocenters. The standard InChI is InChI=1S/C19H24N2O3/c1-16-4-2-3-5-18(16)24-15-19(22)13-21(10-11-23-14-19)12-17-6-8-20-9-7-17/h2-9,22H,10-15H2,1H3/t19-/m1/s1. The van der Waals surface area contributed by atoms with Crippen LogP contribution in [0.1, 0.15) is 11.1 Å². The van der Waals surface area contributed by atoms with E-state index < -0.39 is 5.60 Å². The summed E-state index contributed by atoms with van der Waals surface area (Å²) in [7, 11) is 0. The molecule has 3 rings (SSSR count). The van der Waals surface area contributed by atoms with Crippen molar-refractivity contribution in [2.24, 2.45) is 0 Å². The lowest BCUT2D eigenvalue weighted by Crippen LogP contribution is -2.48. The van der Waals surface area contributed by atoms with E-state index >= 15 is 0 Å². The van der Waals surface area contributed by atoms with Crippen molar-refractivity contribution in [1.82, 2.24) is 9.88 Å². The van der Waals surface area contributed by atoms with Crippen molar-refractivity contribution in [3.05, 3.63) is 59.9 Å². The molecule has 0 bridgehead atoms. The topological polar surface area (TPSA) is 54.8 Å². The van der Waals surface area contributed by atoms with Crippen LogP contribution in [0.25, 0.3) is 0 Å². The molecule has 0 radical (unpaired) electrons. The Morgan fingerprint density at radius 2 is 2.04 bits per heavy atom. The molecule has 0 amide bonds. The number of hydrogen-bond donors (Lipinski definition) is 1. The maximum Gasteiger partial charge on any atom is 0.134 e. The van der Waals surface area contributed by atoms with Gasteiger partial charge in [-0.25, -0.2) is 0 Å². The maximum absolute atomic E-state index is 10.9. The lowest BCUT2D eigenvalue weighted by atomic mass is 10.1. The van der Waals surface area contributed by atoms with Crippen LogP contribution in [0.4, 0.5) is 0 Å². The van der Waals surface area contributed by atoms with E-state index in [9.17, 15) is 5.11 Å². The van der Waals surface area contributed by atoms with E-state index in [1.165, 1.54) is 5.56 Å². The van der Waals surface area contributed by atoms with Gasteiger partial charge in [-0.15, -0.1) is 0 Å². The molecule has 5 nitrogen and oxygen atoms in total. The lowest BCUT2D eigenvalue weighted by molar-refractivity contribution is -0.0647. The monoisotopic (exact) mass is 328 g/mol. The van der Waals surface area contributed by atoms with Crippen LogP contribution < -0.4 is 4.74 Å². The van der Waals surface area contributed by atoms with Crippen molar-refractivity contribution in [3.63, 3.8) is 0 Å². The van der Waals surface area contributed by atoms with E-state index in [-0.39, 0.29) is 13.2 Å². The third-order valence-corrected chi connectivity index (χ3v) is 4.19. The van der Waals surface area contributed by atoms with Gasteiger partial charge in [0.25, 0.3) is 0 Å². The summed E-state index contributed by atoms with van der Waals surface area (Å²) in [6.45, 7) is 5.17. The number of hydrogen-bond acceptors (Lipinski definition) is 5. The Morgan fingerprint density at radius 3 is 2.83 bits per heavy atom. The average molecular weight is 328 g/mol. The summed E-state index contributed by atoms with van der Waals surface area (Å²) in [6, 6.07) is 11.8. The highest BCUT2D eigenvalue weighted by molar-refractivity contribution is 5.31. The van der Waals surface area contributed by atoms with Crippen molar-refractivity contribution in [2.45, 2.75) is 19.1 Å². The largest absolute Gasteiger partial charge is 0.490 e. The fraction of sp³-hybridized carbons (Fsp3) is 0.421. The molecule has 24 heavy (non-hydrogen) atoms. The second kappa shape index (κ2) is 7.75. The fourth-order valence-corrected chi connectivity index (χ4v) is 2.90. The van der Waals surface area contributed by atoms with Crippen molar-refractivity contribution in [2.75, 3.05) is 32.9 Å². The molecule has 1 aromatic carbocycles. The van der Waals surface area contributed by atoms with Crippen LogP contribution in [0.3, 0.4) is 0 Å². The predicted molar refractivity (Wildman–Crippen MR) is 92.0 cm³/mol. The average Bonchev–Trinajstić information content (AvgIpc) is 2.77. The minimum absolute atomic E-state index is 0.213. The summed E-state index contributed by atoms with van der Waals surface area (Å²) >= 11 is 0. The second-order valence-electron chi connectivity index (χ2n) is 6.40. The third-order valence-electron chi connectivity index (χ3n) is 4.19. The van der Waals surface area contributed by atoms with Crippen molar-refractivity contribution in [3.8, 4) is 5.75 Å². The van der Waals surface area contributed by atoms with Gasteiger partial charge in [-0.1, -0.05) is 18.2 Å². The van der Waals surface area contributed by atoms with Crippen LogP contribution in [0, 0.1) is 6.92 Å². The minimum Gasteiger partial charge on any atom is -0.490 e. The summed E-state index contributed by atoms with van der Waals surface area (Å²) in [4.78, 5) is 6.24. The molecule has 1 N–H and O–H groups in total. The number of nitrogens with zero attached hydrogens (tertiary/aromatic N) is 2. The molecular weight excluding hydrogens is 304 g/mol. The smallest absolute Gasteiger partial charge is 0.134 e. The van der Waals surface area contributed by atoms with Crippen LogP contribution >= 0.6 is 0 Å². The molecule has 0 spiro atoms. The molecule has 1 atom stereocenters. The van der Waals surface area contributed by atoms with E-state index in [0.29, 0.717) is 13.2 Å². The zero-order chi connectivity index (χ0) is 16.8. The lowest BCUT2D eigenvalue weighted by Gasteiger charge is -2.30. The Morgan fingerprint density at radius 1 is 1.25 bits per heavy atom. The molecule has 1 saturated heterocycles. The number of pyridine rings is 1. The van der Waals surface area contributed by atoms with Gasteiger partial charge in [0.1, 0.15) is 18.0 Å². The van der Waals surface area contributed by atoms with Crippen molar-refractivity contribution in [1.29, 1.82) is 0 Å². The fourth-order valence-electron chi connectivity index (χ4n) is 2.90. The highest BCUT2D eigenvalue weighted by atomic mass is 16.5. The molecule has 2 heterocycles. The molecule has 1 aliphatic rings. The summed E-state index contributed by atoms with van der Waals surface area (Å²) in [5.74, 6) is 0.802. The molecule has 1 fully saturated rings. The molecule has 1 aromatic heterocycles. The van der Waals surface area contributed by atoms with Crippen molar-refractivity contribution >= 4 is 0 Å². The zero-order valence-electron chi connectivity index (χ0n) is 14.0. The van der Waals surface area contributed by atoms with Gasteiger partial charge in [0, 0.05) is 32.0 Å². The maximum atomic E-state index is 10.9. The highest BCUT2D eigenvalue weighted by Gasteiger charge is 2.33. The van der Waals surface area contributed by atoms with Crippen LogP contribution in [0.2, 0.25) is 0 Å². The predicted octanol–water partition coefficient (Wildman–Crippen LogP) is 2.03. The van der Waals surface area contributed by atoms with E-state index in [4.69, 9.17) is 9.47 Å².